The van der Waals surface area contributed by atoms with Crippen molar-refractivity contribution >= 4 is 17.1 Å². The number of nitrogens with one attached hydrogen (secondary N) is 1. The lowest BCUT2D eigenvalue weighted by molar-refractivity contribution is 0.104. The van der Waals surface area contributed by atoms with Crippen molar-refractivity contribution in [2.24, 2.45) is 0 Å². The number of aromatic amines is 1. The number of ether oxygens (including phenoxy) is 1. The average molecular weight is 235 g/mol. The van der Waals surface area contributed by atoms with E-state index >= 15 is 0 Å². The monoisotopic (exact) mass is 235 g/mol. The Kier molecular flexibility index (Phi) is 2.87. The lowest BCUT2D eigenvalue weighted by Gasteiger charge is -2.01. The van der Waals surface area contributed by atoms with Crippen molar-refractivity contribution in [2.45, 2.75) is 0 Å². The fourth-order valence-electron chi connectivity index (χ4n) is 1.30. The van der Waals surface area contributed by atoms with Gasteiger partial charge in [0.1, 0.15) is 5.75 Å². The zero-order chi connectivity index (χ0) is 11.5. The number of H-pyrrole nitrogens is 1. The van der Waals surface area contributed by atoms with Crippen LogP contribution in [0.15, 0.2) is 35.3 Å². The van der Waals surface area contributed by atoms with Crippen LogP contribution in [-0.4, -0.2) is 17.9 Å². The summed E-state index contributed by atoms with van der Waals surface area (Å²) in [7, 11) is 1.54. The van der Waals surface area contributed by atoms with E-state index in [1.807, 2.05) is 0 Å². The summed E-state index contributed by atoms with van der Waals surface area (Å²) in [5, 5.41) is 0. The normalized spacial score (nSPS) is 10.1. The van der Waals surface area contributed by atoms with Crippen molar-refractivity contribution in [3.63, 3.8) is 0 Å². The zero-order valence-electron chi connectivity index (χ0n) is 8.52. The summed E-state index contributed by atoms with van der Waals surface area (Å²) in [6.45, 7) is 0. The predicted molar refractivity (Wildman–Crippen MR) is 61.4 cm³/mol. The third kappa shape index (κ3) is 2.04. The number of carbonyl (C=O) groups is 1. The summed E-state index contributed by atoms with van der Waals surface area (Å²) in [5.41, 5.74) is 0.509. The molecule has 0 aliphatic heterocycles. The van der Waals surface area contributed by atoms with Gasteiger partial charge in [0.15, 0.2) is 0 Å². The van der Waals surface area contributed by atoms with Gasteiger partial charge in [-0.1, -0.05) is 23.5 Å². The number of methoxy groups -OCH3 is 1. The smallest absolute Gasteiger partial charge is 0.305 e. The van der Waals surface area contributed by atoms with Gasteiger partial charge in [0.05, 0.1) is 12.0 Å². The van der Waals surface area contributed by atoms with Crippen LogP contribution >= 0.6 is 11.3 Å². The highest BCUT2D eigenvalue weighted by Gasteiger charge is 2.12. The molecule has 0 amide bonds. The van der Waals surface area contributed by atoms with Crippen LogP contribution in [0.2, 0.25) is 0 Å². The second-order valence-electron chi connectivity index (χ2n) is 3.10. The van der Waals surface area contributed by atoms with Gasteiger partial charge in [-0.2, -0.15) is 0 Å². The Balaban J connectivity index is 2.37. The largest absolute Gasteiger partial charge is 0.497 e. The number of rotatable bonds is 3. The molecule has 0 saturated carbocycles. The maximum absolute atomic E-state index is 11.9. The minimum absolute atomic E-state index is 0.178. The lowest BCUT2D eigenvalue weighted by atomic mass is 10.1. The fraction of sp³-hybridized carbons (Fsp3) is 0.0909. The van der Waals surface area contributed by atoms with E-state index in [0.29, 0.717) is 16.2 Å². The molecule has 5 heteroatoms. The SMILES string of the molecule is COc1cccc(C(=O)c2c[nH]c(=O)s2)c1. The van der Waals surface area contributed by atoms with E-state index in [1.54, 1.807) is 24.3 Å². The van der Waals surface area contributed by atoms with E-state index in [9.17, 15) is 9.59 Å². The van der Waals surface area contributed by atoms with E-state index in [0.717, 1.165) is 11.3 Å². The van der Waals surface area contributed by atoms with Crippen LogP contribution in [-0.2, 0) is 0 Å². The van der Waals surface area contributed by atoms with Crippen LogP contribution in [0, 0.1) is 0 Å². The molecule has 1 heterocycles. The van der Waals surface area contributed by atoms with Crippen LogP contribution in [0.4, 0.5) is 0 Å². The fourth-order valence-corrected chi connectivity index (χ4v) is 1.95. The third-order valence-corrected chi connectivity index (χ3v) is 2.91. The molecule has 0 spiro atoms. The van der Waals surface area contributed by atoms with E-state index in [4.69, 9.17) is 4.74 Å². The Labute approximate surface area is 95.5 Å². The summed E-state index contributed by atoms with van der Waals surface area (Å²) in [6, 6.07) is 6.83. The predicted octanol–water partition coefficient (Wildman–Crippen LogP) is 1.68. The van der Waals surface area contributed by atoms with Crippen molar-refractivity contribution in [2.75, 3.05) is 7.11 Å². The molecule has 1 N–H and O–H groups in total. The topological polar surface area (TPSA) is 59.2 Å². The van der Waals surface area contributed by atoms with Gasteiger partial charge in [0, 0.05) is 11.8 Å². The molecule has 4 nitrogen and oxygen atoms in total. The van der Waals surface area contributed by atoms with Crippen molar-refractivity contribution in [3.05, 3.63) is 50.6 Å². The lowest BCUT2D eigenvalue weighted by Crippen LogP contribution is -1.99. The van der Waals surface area contributed by atoms with Crippen molar-refractivity contribution in [1.29, 1.82) is 0 Å². The van der Waals surface area contributed by atoms with E-state index < -0.39 is 0 Å². The molecule has 0 bridgehead atoms. The molecule has 0 atom stereocenters. The van der Waals surface area contributed by atoms with Gasteiger partial charge in [-0.15, -0.1) is 0 Å². The van der Waals surface area contributed by atoms with Crippen LogP contribution in [0.3, 0.4) is 0 Å². The standard InChI is InChI=1S/C11H9NO3S/c1-15-8-4-2-3-7(5-8)10(13)9-6-12-11(14)16-9/h2-6H,1H3,(H,12,14). The second-order valence-corrected chi connectivity index (χ2v) is 4.12. The number of thiazole rings is 1. The van der Waals surface area contributed by atoms with Crippen LogP contribution < -0.4 is 9.61 Å². The Morgan fingerprint density at radius 3 is 2.88 bits per heavy atom. The molecule has 2 aromatic rings. The first-order valence-electron chi connectivity index (χ1n) is 4.58. The van der Waals surface area contributed by atoms with Crippen LogP contribution in [0.25, 0.3) is 0 Å². The molecule has 0 aliphatic rings. The Morgan fingerprint density at radius 2 is 2.25 bits per heavy atom. The molecular weight excluding hydrogens is 226 g/mol. The van der Waals surface area contributed by atoms with E-state index in [-0.39, 0.29) is 10.7 Å². The summed E-state index contributed by atoms with van der Waals surface area (Å²) < 4.78 is 5.03. The quantitative estimate of drug-likeness (QED) is 0.823. The second kappa shape index (κ2) is 4.32. The Morgan fingerprint density at radius 1 is 1.44 bits per heavy atom. The molecular formula is C11H9NO3S. The maximum Gasteiger partial charge on any atom is 0.305 e. The highest BCUT2D eigenvalue weighted by atomic mass is 32.1. The molecule has 0 unspecified atom stereocenters. The first kappa shape index (κ1) is 10.6. The molecule has 2 rings (SSSR count). The molecule has 16 heavy (non-hydrogen) atoms. The van der Waals surface area contributed by atoms with Crippen molar-refractivity contribution in [1.82, 2.24) is 4.98 Å². The van der Waals surface area contributed by atoms with Crippen molar-refractivity contribution < 1.29 is 9.53 Å². The third-order valence-electron chi connectivity index (χ3n) is 2.08. The Hall–Kier alpha value is -1.88. The average Bonchev–Trinajstić information content (AvgIpc) is 2.75. The van der Waals surface area contributed by atoms with Gasteiger partial charge >= 0.3 is 4.87 Å². The van der Waals surface area contributed by atoms with E-state index in [1.165, 1.54) is 13.3 Å². The summed E-state index contributed by atoms with van der Waals surface area (Å²) in [4.78, 5) is 25.5. The van der Waals surface area contributed by atoms with Gasteiger partial charge in [0.2, 0.25) is 5.78 Å². The van der Waals surface area contributed by atoms with Crippen molar-refractivity contribution in [3.8, 4) is 5.75 Å². The number of benzene rings is 1. The molecule has 0 saturated heterocycles. The first-order chi connectivity index (χ1) is 7.70. The van der Waals surface area contributed by atoms with Gasteiger partial charge in [-0.3, -0.25) is 9.59 Å². The number of hydrogen-bond acceptors (Lipinski definition) is 4. The number of carbonyl (C=O) groups excluding carboxylic acids is 1. The minimum atomic E-state index is -0.230. The van der Waals surface area contributed by atoms with Crippen LogP contribution in [0.5, 0.6) is 5.75 Å². The molecule has 82 valence electrons. The zero-order valence-corrected chi connectivity index (χ0v) is 9.34. The Bertz CT molecular complexity index is 570. The summed E-state index contributed by atoms with van der Waals surface area (Å²) in [5.74, 6) is 0.441. The first-order valence-corrected chi connectivity index (χ1v) is 5.39. The maximum atomic E-state index is 11.9. The number of ketones is 1. The highest BCUT2D eigenvalue weighted by Crippen LogP contribution is 2.16. The molecule has 0 aliphatic carbocycles. The highest BCUT2D eigenvalue weighted by molar-refractivity contribution is 7.11. The van der Waals surface area contributed by atoms with E-state index in [2.05, 4.69) is 4.98 Å². The molecule has 1 aromatic heterocycles. The van der Waals surface area contributed by atoms with Gasteiger partial charge in [-0.05, 0) is 12.1 Å². The van der Waals surface area contributed by atoms with Gasteiger partial charge in [0.25, 0.3) is 0 Å². The minimum Gasteiger partial charge on any atom is -0.497 e. The van der Waals surface area contributed by atoms with Gasteiger partial charge in [-0.25, -0.2) is 0 Å². The van der Waals surface area contributed by atoms with Crippen LogP contribution in [0.1, 0.15) is 15.2 Å². The summed E-state index contributed by atoms with van der Waals surface area (Å²) >= 11 is 0.903. The number of hydrogen-bond donors (Lipinski definition) is 1. The summed E-state index contributed by atoms with van der Waals surface area (Å²) in [6.07, 6.45) is 1.43. The molecule has 1 aromatic carbocycles. The molecule has 0 radical (unpaired) electrons. The number of aromatic nitrogens is 1. The molecule has 0 fully saturated rings. The van der Waals surface area contributed by atoms with Gasteiger partial charge < -0.3 is 9.72 Å².